The van der Waals surface area contributed by atoms with Gasteiger partial charge in [0.15, 0.2) is 0 Å². The Morgan fingerprint density at radius 3 is 2.17 bits per heavy atom. The number of nitrogens with one attached hydrogen (secondary N) is 2. The van der Waals surface area contributed by atoms with Gasteiger partial charge in [-0.1, -0.05) is 20.3 Å². The highest BCUT2D eigenvalue weighted by Crippen LogP contribution is 2.14. The number of benzene rings is 1. The molecule has 126 valence electrons. The van der Waals surface area contributed by atoms with Crippen molar-refractivity contribution in [2.45, 2.75) is 26.3 Å². The van der Waals surface area contributed by atoms with Crippen molar-refractivity contribution in [3.05, 3.63) is 29.8 Å². The van der Waals surface area contributed by atoms with Crippen molar-refractivity contribution < 1.29 is 14.4 Å². The maximum absolute atomic E-state index is 12.3. The molecule has 0 saturated heterocycles. The lowest BCUT2D eigenvalue weighted by atomic mass is 9.98. The molecule has 23 heavy (non-hydrogen) atoms. The first kappa shape index (κ1) is 18.5. The van der Waals surface area contributed by atoms with E-state index in [0.717, 1.165) is 0 Å². The first-order valence-electron chi connectivity index (χ1n) is 7.44. The maximum Gasteiger partial charge on any atom is 0.312 e. The van der Waals surface area contributed by atoms with Crippen molar-refractivity contribution in [1.82, 2.24) is 10.2 Å². The van der Waals surface area contributed by atoms with Gasteiger partial charge in [-0.2, -0.15) is 0 Å². The Balaban J connectivity index is 2.82. The van der Waals surface area contributed by atoms with Crippen molar-refractivity contribution in [3.8, 4) is 0 Å². The van der Waals surface area contributed by atoms with Crippen molar-refractivity contribution in [2.75, 3.05) is 19.4 Å². The molecular formula is C16H24N4O3. The predicted molar refractivity (Wildman–Crippen MR) is 89.1 cm³/mol. The summed E-state index contributed by atoms with van der Waals surface area (Å²) in [5.74, 6) is -0.516. The summed E-state index contributed by atoms with van der Waals surface area (Å²) in [6.45, 7) is 3.79. The van der Waals surface area contributed by atoms with Crippen LogP contribution in [0.15, 0.2) is 24.3 Å². The summed E-state index contributed by atoms with van der Waals surface area (Å²) in [4.78, 5) is 36.7. The van der Waals surface area contributed by atoms with Gasteiger partial charge >= 0.3 is 6.03 Å². The van der Waals surface area contributed by atoms with Crippen molar-refractivity contribution in [1.29, 1.82) is 0 Å². The summed E-state index contributed by atoms with van der Waals surface area (Å²) in [5.41, 5.74) is 6.20. The van der Waals surface area contributed by atoms with Crippen molar-refractivity contribution in [3.63, 3.8) is 0 Å². The normalized spacial score (nSPS) is 12.9. The predicted octanol–water partition coefficient (Wildman–Crippen LogP) is 1.41. The van der Waals surface area contributed by atoms with Crippen LogP contribution in [0, 0.1) is 5.92 Å². The van der Waals surface area contributed by atoms with E-state index in [1.807, 2.05) is 13.8 Å². The van der Waals surface area contributed by atoms with Crippen molar-refractivity contribution >= 4 is 23.5 Å². The lowest BCUT2D eigenvalue weighted by Crippen LogP contribution is -2.49. The number of urea groups is 1. The summed E-state index contributed by atoms with van der Waals surface area (Å²) < 4.78 is 0. The summed E-state index contributed by atoms with van der Waals surface area (Å²) in [5, 5.41) is 5.19. The van der Waals surface area contributed by atoms with E-state index in [0.29, 0.717) is 17.7 Å². The molecule has 0 fully saturated rings. The number of hydrogen-bond acceptors (Lipinski definition) is 3. The number of nitrogens with two attached hydrogens (primary N) is 1. The Kier molecular flexibility index (Phi) is 6.56. The van der Waals surface area contributed by atoms with Gasteiger partial charge in [0.1, 0.15) is 6.04 Å². The Labute approximate surface area is 136 Å². The highest BCUT2D eigenvalue weighted by atomic mass is 16.2. The quantitative estimate of drug-likeness (QED) is 0.738. The number of carbonyl (C=O) groups is 3. The number of primary amides is 1. The molecule has 0 spiro atoms. The van der Waals surface area contributed by atoms with Crippen LogP contribution in [0.4, 0.5) is 10.5 Å². The molecule has 0 unspecified atom stereocenters. The van der Waals surface area contributed by atoms with E-state index >= 15 is 0 Å². The van der Waals surface area contributed by atoms with E-state index in [9.17, 15) is 14.4 Å². The van der Waals surface area contributed by atoms with Crippen LogP contribution in [0.25, 0.3) is 0 Å². The monoisotopic (exact) mass is 320 g/mol. The van der Waals surface area contributed by atoms with Gasteiger partial charge in [-0.05, 0) is 30.2 Å². The Hall–Kier alpha value is -2.57. The van der Waals surface area contributed by atoms with Crippen LogP contribution in [0.1, 0.15) is 30.6 Å². The van der Waals surface area contributed by atoms with Crippen LogP contribution in [0.3, 0.4) is 0 Å². The minimum Gasteiger partial charge on any atom is -0.352 e. The van der Waals surface area contributed by atoms with Gasteiger partial charge < -0.3 is 21.3 Å². The molecule has 7 heteroatoms. The van der Waals surface area contributed by atoms with E-state index in [4.69, 9.17) is 5.73 Å². The third kappa shape index (κ3) is 5.28. The van der Waals surface area contributed by atoms with Crippen LogP contribution in [0.2, 0.25) is 0 Å². The molecule has 1 aromatic rings. The molecule has 4 N–H and O–H groups in total. The van der Waals surface area contributed by atoms with Gasteiger partial charge in [0.05, 0.1) is 0 Å². The molecule has 0 aliphatic rings. The molecule has 0 radical (unpaired) electrons. The van der Waals surface area contributed by atoms with Gasteiger partial charge in [0, 0.05) is 25.3 Å². The zero-order valence-electron chi connectivity index (χ0n) is 13.9. The number of anilines is 1. The fourth-order valence-corrected chi connectivity index (χ4v) is 2.03. The third-order valence-electron chi connectivity index (χ3n) is 3.60. The number of carbonyl (C=O) groups excluding carboxylic acids is 3. The Bertz CT molecular complexity index is 569. The SMILES string of the molecule is CC[C@@H](C)[C@H](NC(N)=O)C(=O)Nc1ccc(C(=O)N(C)C)cc1. The number of nitrogens with zero attached hydrogens (tertiary/aromatic N) is 1. The molecule has 1 aromatic carbocycles. The maximum atomic E-state index is 12.3. The average Bonchev–Trinajstić information content (AvgIpc) is 2.51. The zero-order valence-corrected chi connectivity index (χ0v) is 13.9. The second-order valence-electron chi connectivity index (χ2n) is 5.64. The van der Waals surface area contributed by atoms with E-state index < -0.39 is 12.1 Å². The van der Waals surface area contributed by atoms with Crippen LogP contribution in [-0.2, 0) is 4.79 Å². The topological polar surface area (TPSA) is 105 Å². The fourth-order valence-electron chi connectivity index (χ4n) is 2.03. The highest BCUT2D eigenvalue weighted by Gasteiger charge is 2.25. The van der Waals surface area contributed by atoms with Crippen LogP contribution < -0.4 is 16.4 Å². The first-order chi connectivity index (χ1) is 10.8. The molecule has 0 saturated carbocycles. The molecule has 0 bridgehead atoms. The fraction of sp³-hybridized carbons (Fsp3) is 0.438. The number of rotatable bonds is 6. The second kappa shape index (κ2) is 8.17. The minimum atomic E-state index is -0.739. The summed E-state index contributed by atoms with van der Waals surface area (Å²) in [6, 6.07) is 5.12. The summed E-state index contributed by atoms with van der Waals surface area (Å²) >= 11 is 0. The van der Waals surface area contributed by atoms with Gasteiger partial charge in [0.2, 0.25) is 5.91 Å². The first-order valence-corrected chi connectivity index (χ1v) is 7.44. The largest absolute Gasteiger partial charge is 0.352 e. The van der Waals surface area contributed by atoms with Crippen LogP contribution in [0.5, 0.6) is 0 Å². The molecule has 4 amide bonds. The van der Waals surface area contributed by atoms with Crippen molar-refractivity contribution in [2.24, 2.45) is 11.7 Å². The van der Waals surface area contributed by atoms with E-state index in [1.165, 1.54) is 4.90 Å². The Morgan fingerprint density at radius 1 is 1.17 bits per heavy atom. The van der Waals surface area contributed by atoms with E-state index in [1.54, 1.807) is 38.4 Å². The summed E-state index contributed by atoms with van der Waals surface area (Å²) in [7, 11) is 3.34. The minimum absolute atomic E-state index is 0.0582. The van der Waals surface area contributed by atoms with Gasteiger partial charge in [0.25, 0.3) is 5.91 Å². The van der Waals surface area contributed by atoms with Gasteiger partial charge in [-0.15, -0.1) is 0 Å². The molecule has 0 aromatic heterocycles. The van der Waals surface area contributed by atoms with Gasteiger partial charge in [-0.25, -0.2) is 4.79 Å². The Morgan fingerprint density at radius 2 is 1.74 bits per heavy atom. The summed E-state index contributed by atoms with van der Waals surface area (Å²) in [6.07, 6.45) is 0.717. The highest BCUT2D eigenvalue weighted by molar-refractivity contribution is 5.98. The van der Waals surface area contributed by atoms with Crippen LogP contribution in [-0.4, -0.2) is 42.9 Å². The zero-order chi connectivity index (χ0) is 17.6. The molecule has 0 aliphatic heterocycles. The molecule has 2 atom stereocenters. The third-order valence-corrected chi connectivity index (χ3v) is 3.60. The molecule has 1 rings (SSSR count). The number of hydrogen-bond donors (Lipinski definition) is 3. The van der Waals surface area contributed by atoms with Gasteiger partial charge in [-0.3, -0.25) is 9.59 Å². The average molecular weight is 320 g/mol. The molecule has 0 heterocycles. The van der Waals surface area contributed by atoms with E-state index in [2.05, 4.69) is 10.6 Å². The lowest BCUT2D eigenvalue weighted by Gasteiger charge is -2.22. The lowest BCUT2D eigenvalue weighted by molar-refractivity contribution is -0.119. The second-order valence-corrected chi connectivity index (χ2v) is 5.64. The van der Waals surface area contributed by atoms with E-state index in [-0.39, 0.29) is 17.7 Å². The molecular weight excluding hydrogens is 296 g/mol. The smallest absolute Gasteiger partial charge is 0.312 e. The molecule has 0 aliphatic carbocycles. The molecule has 7 nitrogen and oxygen atoms in total. The number of amides is 4. The standard InChI is InChI=1S/C16H24N4O3/c1-5-10(2)13(19-16(17)23)14(21)18-12-8-6-11(7-9-12)15(22)20(3)4/h6-10,13H,5H2,1-4H3,(H,18,21)(H3,17,19,23)/t10-,13+/m1/s1. The van der Waals surface area contributed by atoms with Crippen LogP contribution >= 0.6 is 0 Å².